The molecule has 1 heterocycles. The van der Waals surface area contributed by atoms with E-state index in [0.717, 1.165) is 0 Å². The van der Waals surface area contributed by atoms with Crippen LogP contribution in [-0.2, 0) is 9.59 Å². The number of imidazole rings is 1. The summed E-state index contributed by atoms with van der Waals surface area (Å²) in [6.07, 6.45) is 0. The summed E-state index contributed by atoms with van der Waals surface area (Å²) in [5, 5.41) is 0. The highest BCUT2D eigenvalue weighted by Gasteiger charge is 2.17. The maximum atomic E-state index is 10.8. The molecular weight excluding hydrogens is 212 g/mol. The van der Waals surface area contributed by atoms with Crippen molar-refractivity contribution in [3.8, 4) is 0 Å². The van der Waals surface area contributed by atoms with E-state index < -0.39 is 11.8 Å². The van der Waals surface area contributed by atoms with Crippen LogP contribution < -0.4 is 22.1 Å². The first-order chi connectivity index (χ1) is 7.40. The molecule has 0 spiro atoms. The summed E-state index contributed by atoms with van der Waals surface area (Å²) in [5.41, 5.74) is 15.7. The quantitative estimate of drug-likeness (QED) is 0.462. The Hall–Kier alpha value is -2.25. The lowest BCUT2D eigenvalue weighted by molar-refractivity contribution is -0.117. The number of aromatic amines is 1. The first kappa shape index (κ1) is 11.8. The summed E-state index contributed by atoms with van der Waals surface area (Å²) in [6, 6.07) is 0. The molecule has 0 unspecified atom stereocenters. The number of hydrogen-bond donors (Lipinski definition) is 4. The Morgan fingerprint density at radius 3 is 2.12 bits per heavy atom. The third-order valence-corrected chi connectivity index (χ3v) is 1.82. The van der Waals surface area contributed by atoms with E-state index in [4.69, 9.17) is 17.2 Å². The van der Waals surface area contributed by atoms with E-state index in [1.807, 2.05) is 0 Å². The molecule has 0 saturated heterocycles. The molecule has 0 aliphatic heterocycles. The van der Waals surface area contributed by atoms with Crippen LogP contribution >= 0.6 is 0 Å². The Balaban J connectivity index is 2.95. The molecule has 0 aliphatic carbocycles. The van der Waals surface area contributed by atoms with Crippen molar-refractivity contribution in [2.75, 3.05) is 23.7 Å². The molecule has 0 aromatic carbocycles. The maximum absolute atomic E-state index is 10.8. The lowest BCUT2D eigenvalue weighted by Crippen LogP contribution is -2.40. The van der Waals surface area contributed by atoms with E-state index >= 15 is 0 Å². The minimum absolute atomic E-state index is 0.169. The lowest BCUT2D eigenvalue weighted by atomic mass is 10.4. The van der Waals surface area contributed by atoms with Gasteiger partial charge < -0.3 is 27.1 Å². The normalized spacial score (nSPS) is 10.1. The molecule has 1 rings (SSSR count). The predicted octanol–water partition coefficient (Wildman–Crippen LogP) is -1.92. The molecule has 0 radical (unpaired) electrons. The number of H-pyrrole nitrogens is 1. The molecule has 7 N–H and O–H groups in total. The second-order valence-electron chi connectivity index (χ2n) is 3.35. The van der Waals surface area contributed by atoms with Crippen molar-refractivity contribution in [3.05, 3.63) is 5.82 Å². The average Bonchev–Trinajstić information content (AvgIpc) is 2.42. The minimum Gasteiger partial charge on any atom is -0.382 e. The van der Waals surface area contributed by atoms with Gasteiger partial charge >= 0.3 is 0 Å². The average molecular weight is 226 g/mol. The fourth-order valence-corrected chi connectivity index (χ4v) is 1.32. The van der Waals surface area contributed by atoms with Crippen LogP contribution in [0.3, 0.4) is 0 Å². The maximum Gasteiger partial charge on any atom is 0.237 e. The van der Waals surface area contributed by atoms with Crippen molar-refractivity contribution in [2.24, 2.45) is 11.5 Å². The topological polar surface area (TPSA) is 144 Å². The van der Waals surface area contributed by atoms with Gasteiger partial charge in [-0.1, -0.05) is 0 Å². The summed E-state index contributed by atoms with van der Waals surface area (Å²) >= 11 is 0. The van der Waals surface area contributed by atoms with Gasteiger partial charge in [0.05, 0.1) is 13.1 Å². The first-order valence-corrected chi connectivity index (χ1v) is 4.53. The Morgan fingerprint density at radius 1 is 1.31 bits per heavy atom. The molecule has 2 amide bonds. The van der Waals surface area contributed by atoms with Crippen LogP contribution in [0, 0.1) is 6.92 Å². The van der Waals surface area contributed by atoms with Gasteiger partial charge in [-0.15, -0.1) is 0 Å². The van der Waals surface area contributed by atoms with Crippen molar-refractivity contribution < 1.29 is 9.59 Å². The number of aryl methyl sites for hydroxylation is 1. The highest BCUT2D eigenvalue weighted by atomic mass is 16.2. The van der Waals surface area contributed by atoms with Gasteiger partial charge in [0.1, 0.15) is 11.6 Å². The van der Waals surface area contributed by atoms with Gasteiger partial charge in [-0.3, -0.25) is 9.59 Å². The van der Waals surface area contributed by atoms with Crippen LogP contribution in [-0.4, -0.2) is 34.9 Å². The number of nitrogens with one attached hydrogen (secondary N) is 1. The predicted molar refractivity (Wildman–Crippen MR) is 58.3 cm³/mol. The van der Waals surface area contributed by atoms with Crippen molar-refractivity contribution in [2.45, 2.75) is 6.92 Å². The number of nitrogens with zero attached hydrogens (tertiary/aromatic N) is 2. The summed E-state index contributed by atoms with van der Waals surface area (Å²) in [6.45, 7) is 1.36. The minimum atomic E-state index is -0.596. The molecule has 88 valence electrons. The molecule has 1 aromatic heterocycles. The van der Waals surface area contributed by atoms with E-state index in [9.17, 15) is 9.59 Å². The smallest absolute Gasteiger partial charge is 0.237 e. The monoisotopic (exact) mass is 226 g/mol. The summed E-state index contributed by atoms with van der Waals surface area (Å²) in [4.78, 5) is 29.8. The molecule has 0 aliphatic rings. The van der Waals surface area contributed by atoms with Gasteiger partial charge in [-0.05, 0) is 6.92 Å². The Kier molecular flexibility index (Phi) is 3.33. The van der Waals surface area contributed by atoms with Crippen LogP contribution in [0.25, 0.3) is 0 Å². The number of carbonyl (C=O) groups excluding carboxylic acids is 2. The van der Waals surface area contributed by atoms with Gasteiger partial charge in [-0.2, -0.15) is 0 Å². The Labute approximate surface area is 91.8 Å². The molecular formula is C8H14N6O2. The van der Waals surface area contributed by atoms with Gasteiger partial charge in [0.2, 0.25) is 11.8 Å². The molecule has 8 nitrogen and oxygen atoms in total. The molecule has 0 atom stereocenters. The molecule has 8 heteroatoms. The zero-order valence-corrected chi connectivity index (χ0v) is 8.86. The van der Waals surface area contributed by atoms with E-state index in [-0.39, 0.29) is 18.9 Å². The zero-order chi connectivity index (χ0) is 12.3. The number of rotatable bonds is 5. The number of carbonyl (C=O) groups is 2. The molecule has 0 saturated carbocycles. The van der Waals surface area contributed by atoms with Crippen LogP contribution in [0.5, 0.6) is 0 Å². The third-order valence-electron chi connectivity index (χ3n) is 1.82. The van der Waals surface area contributed by atoms with Gasteiger partial charge in [-0.25, -0.2) is 4.98 Å². The number of hydrogen-bond acceptors (Lipinski definition) is 5. The largest absolute Gasteiger partial charge is 0.382 e. The SMILES string of the molecule is Cc1nc(N(CC(N)=O)CC(N)=O)c(N)[nH]1. The van der Waals surface area contributed by atoms with Crippen LogP contribution in [0.15, 0.2) is 0 Å². The second kappa shape index (κ2) is 4.51. The second-order valence-corrected chi connectivity index (χ2v) is 3.35. The zero-order valence-electron chi connectivity index (χ0n) is 8.86. The number of primary amides is 2. The van der Waals surface area contributed by atoms with Crippen molar-refractivity contribution in [3.63, 3.8) is 0 Å². The summed E-state index contributed by atoms with van der Waals surface area (Å²) in [7, 11) is 0. The van der Waals surface area contributed by atoms with Crippen molar-refractivity contribution >= 4 is 23.5 Å². The highest BCUT2D eigenvalue weighted by molar-refractivity contribution is 5.85. The van der Waals surface area contributed by atoms with E-state index in [1.165, 1.54) is 4.90 Å². The van der Waals surface area contributed by atoms with Crippen molar-refractivity contribution in [1.29, 1.82) is 0 Å². The van der Waals surface area contributed by atoms with Crippen LogP contribution in [0.1, 0.15) is 5.82 Å². The number of anilines is 2. The summed E-state index contributed by atoms with van der Waals surface area (Å²) < 4.78 is 0. The molecule has 1 aromatic rings. The van der Waals surface area contributed by atoms with Crippen LogP contribution in [0.2, 0.25) is 0 Å². The number of amides is 2. The van der Waals surface area contributed by atoms with Gasteiger partial charge in [0, 0.05) is 0 Å². The number of nitrogens with two attached hydrogens (primary N) is 3. The van der Waals surface area contributed by atoms with Crippen molar-refractivity contribution in [1.82, 2.24) is 9.97 Å². The molecule has 0 bridgehead atoms. The van der Waals surface area contributed by atoms with Gasteiger partial charge in [0.25, 0.3) is 0 Å². The fourth-order valence-electron chi connectivity index (χ4n) is 1.32. The molecule has 16 heavy (non-hydrogen) atoms. The van der Waals surface area contributed by atoms with E-state index in [1.54, 1.807) is 6.92 Å². The van der Waals surface area contributed by atoms with Gasteiger partial charge in [0.15, 0.2) is 5.82 Å². The number of aromatic nitrogens is 2. The lowest BCUT2D eigenvalue weighted by Gasteiger charge is -2.19. The standard InChI is InChI=1S/C8H14N6O2/c1-4-12-7(11)8(13-4)14(2-5(9)15)3-6(10)16/h2-3,11H2,1H3,(H2,9,15)(H2,10,16)(H,12,13). The van der Waals surface area contributed by atoms with E-state index in [0.29, 0.717) is 11.6 Å². The number of nitrogen functional groups attached to an aromatic ring is 1. The van der Waals surface area contributed by atoms with Crippen LogP contribution in [0.4, 0.5) is 11.6 Å². The highest BCUT2D eigenvalue weighted by Crippen LogP contribution is 2.18. The Morgan fingerprint density at radius 2 is 1.81 bits per heavy atom. The fraction of sp³-hybridized carbons (Fsp3) is 0.375. The van der Waals surface area contributed by atoms with E-state index in [2.05, 4.69) is 9.97 Å². The Bertz CT molecular complexity index is 397. The molecule has 0 fully saturated rings. The summed E-state index contributed by atoms with van der Waals surface area (Å²) in [5.74, 6) is -0.0517. The third kappa shape index (κ3) is 2.87. The first-order valence-electron chi connectivity index (χ1n) is 4.53.